The third-order valence-corrected chi connectivity index (χ3v) is 2.31. The van der Waals surface area contributed by atoms with Gasteiger partial charge in [-0.05, 0) is 45.4 Å². The quantitative estimate of drug-likeness (QED) is 0.819. The van der Waals surface area contributed by atoms with Gasteiger partial charge in [-0.1, -0.05) is 6.07 Å². The molecule has 1 rings (SSSR count). The summed E-state index contributed by atoms with van der Waals surface area (Å²) in [5.41, 5.74) is 0.949. The second-order valence-corrected chi connectivity index (χ2v) is 5.09. The van der Waals surface area contributed by atoms with Gasteiger partial charge >= 0.3 is 5.97 Å². The van der Waals surface area contributed by atoms with Crippen molar-refractivity contribution in [3.63, 3.8) is 0 Å². The van der Waals surface area contributed by atoms with E-state index in [1.807, 2.05) is 27.7 Å². The first kappa shape index (κ1) is 14.5. The van der Waals surface area contributed by atoms with Crippen LogP contribution in [0.25, 0.3) is 0 Å². The molecule has 4 nitrogen and oxygen atoms in total. The number of carboxylic acids is 1. The molecule has 0 saturated carbocycles. The van der Waals surface area contributed by atoms with Gasteiger partial charge in [-0.25, -0.2) is 4.79 Å². The Bertz CT molecular complexity index is 418. The van der Waals surface area contributed by atoms with E-state index in [-0.39, 0.29) is 11.2 Å². The summed E-state index contributed by atoms with van der Waals surface area (Å²) in [4.78, 5) is 10.8. The highest BCUT2D eigenvalue weighted by molar-refractivity contribution is 5.88. The molecule has 0 aliphatic rings. The summed E-state index contributed by atoms with van der Waals surface area (Å²) in [7, 11) is 0. The molecule has 0 fully saturated rings. The maximum Gasteiger partial charge on any atom is 0.335 e. The number of ether oxygens (including phenoxy) is 2. The largest absolute Gasteiger partial charge is 0.491 e. The van der Waals surface area contributed by atoms with Crippen LogP contribution in [0, 0.1) is 6.92 Å². The molecular weight excluding hydrogens is 232 g/mol. The van der Waals surface area contributed by atoms with Gasteiger partial charge < -0.3 is 14.6 Å². The number of hydrogen-bond acceptors (Lipinski definition) is 3. The zero-order chi connectivity index (χ0) is 13.8. The zero-order valence-corrected chi connectivity index (χ0v) is 11.3. The highest BCUT2D eigenvalue weighted by atomic mass is 16.5. The van der Waals surface area contributed by atoms with Crippen LogP contribution < -0.4 is 4.74 Å². The van der Waals surface area contributed by atoms with Crippen LogP contribution in [0.3, 0.4) is 0 Å². The molecule has 0 spiro atoms. The maximum atomic E-state index is 10.8. The standard InChI is InChI=1S/C14H20O4/c1-10-5-6-11(13(15)16)9-12(10)17-7-8-18-14(2,3)4/h5-6,9H,7-8H2,1-4H3,(H,15,16). The molecule has 0 aliphatic carbocycles. The Morgan fingerprint density at radius 3 is 2.50 bits per heavy atom. The lowest BCUT2D eigenvalue weighted by Crippen LogP contribution is -2.22. The molecule has 100 valence electrons. The first-order valence-corrected chi connectivity index (χ1v) is 5.90. The summed E-state index contributed by atoms with van der Waals surface area (Å²) in [5, 5.41) is 8.90. The van der Waals surface area contributed by atoms with E-state index < -0.39 is 5.97 Å². The Morgan fingerprint density at radius 1 is 1.28 bits per heavy atom. The number of aryl methyl sites for hydroxylation is 1. The van der Waals surface area contributed by atoms with Gasteiger partial charge in [0.2, 0.25) is 0 Å². The smallest absolute Gasteiger partial charge is 0.335 e. The zero-order valence-electron chi connectivity index (χ0n) is 11.3. The summed E-state index contributed by atoms with van der Waals surface area (Å²) >= 11 is 0. The lowest BCUT2D eigenvalue weighted by Gasteiger charge is -2.19. The number of rotatable bonds is 5. The molecule has 0 amide bonds. The molecule has 0 bridgehead atoms. The highest BCUT2D eigenvalue weighted by Gasteiger charge is 2.10. The molecule has 0 heterocycles. The minimum atomic E-state index is -0.953. The number of carbonyl (C=O) groups is 1. The van der Waals surface area contributed by atoms with Gasteiger partial charge in [0.25, 0.3) is 0 Å². The van der Waals surface area contributed by atoms with E-state index in [4.69, 9.17) is 14.6 Å². The SMILES string of the molecule is Cc1ccc(C(=O)O)cc1OCCOC(C)(C)C. The van der Waals surface area contributed by atoms with Crippen LogP contribution in [-0.4, -0.2) is 29.9 Å². The van der Waals surface area contributed by atoms with Crippen molar-refractivity contribution in [2.75, 3.05) is 13.2 Å². The first-order chi connectivity index (χ1) is 8.29. The van der Waals surface area contributed by atoms with Crippen LogP contribution in [0.1, 0.15) is 36.7 Å². The van der Waals surface area contributed by atoms with Crippen molar-refractivity contribution >= 4 is 5.97 Å². The van der Waals surface area contributed by atoms with Gasteiger partial charge in [0.05, 0.1) is 17.8 Å². The average Bonchev–Trinajstić information content (AvgIpc) is 2.24. The van der Waals surface area contributed by atoms with Crippen LogP contribution in [0.5, 0.6) is 5.75 Å². The van der Waals surface area contributed by atoms with Gasteiger partial charge in [-0.3, -0.25) is 0 Å². The monoisotopic (exact) mass is 252 g/mol. The molecule has 0 unspecified atom stereocenters. The summed E-state index contributed by atoms with van der Waals surface area (Å²) < 4.78 is 11.1. The second-order valence-electron chi connectivity index (χ2n) is 5.09. The fourth-order valence-electron chi connectivity index (χ4n) is 1.39. The fourth-order valence-corrected chi connectivity index (χ4v) is 1.39. The average molecular weight is 252 g/mol. The molecule has 1 aromatic rings. The van der Waals surface area contributed by atoms with Crippen molar-refractivity contribution in [3.05, 3.63) is 29.3 Å². The lowest BCUT2D eigenvalue weighted by atomic mass is 10.1. The van der Waals surface area contributed by atoms with Crippen molar-refractivity contribution in [2.24, 2.45) is 0 Å². The predicted molar refractivity (Wildman–Crippen MR) is 69.3 cm³/mol. The van der Waals surface area contributed by atoms with Gasteiger partial charge in [-0.15, -0.1) is 0 Å². The molecule has 1 aromatic carbocycles. The van der Waals surface area contributed by atoms with E-state index in [0.717, 1.165) is 5.56 Å². The minimum Gasteiger partial charge on any atom is -0.491 e. The summed E-state index contributed by atoms with van der Waals surface area (Å²) in [6.07, 6.45) is 0. The summed E-state index contributed by atoms with van der Waals surface area (Å²) in [5.74, 6) is -0.363. The Balaban J connectivity index is 2.56. The van der Waals surface area contributed by atoms with Crippen LogP contribution in [-0.2, 0) is 4.74 Å². The Kier molecular flexibility index (Phi) is 4.73. The molecule has 18 heavy (non-hydrogen) atoms. The van der Waals surface area contributed by atoms with Gasteiger partial charge in [-0.2, -0.15) is 0 Å². The Hall–Kier alpha value is -1.55. The van der Waals surface area contributed by atoms with Crippen molar-refractivity contribution in [1.29, 1.82) is 0 Å². The van der Waals surface area contributed by atoms with E-state index in [0.29, 0.717) is 19.0 Å². The highest BCUT2D eigenvalue weighted by Crippen LogP contribution is 2.19. The van der Waals surface area contributed by atoms with Crippen molar-refractivity contribution in [3.8, 4) is 5.75 Å². The predicted octanol–water partition coefficient (Wildman–Crippen LogP) is 2.89. The van der Waals surface area contributed by atoms with Crippen LogP contribution in [0.4, 0.5) is 0 Å². The van der Waals surface area contributed by atoms with Gasteiger partial charge in [0, 0.05) is 0 Å². The van der Waals surface area contributed by atoms with E-state index in [9.17, 15) is 4.79 Å². The molecular formula is C14H20O4. The topological polar surface area (TPSA) is 55.8 Å². The van der Waals surface area contributed by atoms with Crippen molar-refractivity contribution in [1.82, 2.24) is 0 Å². The van der Waals surface area contributed by atoms with Crippen LogP contribution in [0.15, 0.2) is 18.2 Å². The normalized spacial score (nSPS) is 11.3. The van der Waals surface area contributed by atoms with Crippen LogP contribution >= 0.6 is 0 Å². The van der Waals surface area contributed by atoms with E-state index in [1.165, 1.54) is 6.07 Å². The minimum absolute atomic E-state index is 0.193. The van der Waals surface area contributed by atoms with E-state index in [2.05, 4.69) is 0 Å². The van der Waals surface area contributed by atoms with Crippen molar-refractivity contribution in [2.45, 2.75) is 33.3 Å². The Morgan fingerprint density at radius 2 is 1.94 bits per heavy atom. The number of aromatic carboxylic acids is 1. The van der Waals surface area contributed by atoms with Crippen LogP contribution in [0.2, 0.25) is 0 Å². The third kappa shape index (κ3) is 4.75. The molecule has 1 N–H and O–H groups in total. The number of carboxylic acid groups (broad SMARTS) is 1. The molecule has 0 atom stereocenters. The Labute approximate surface area is 108 Å². The van der Waals surface area contributed by atoms with Crippen molar-refractivity contribution < 1.29 is 19.4 Å². The molecule has 0 aliphatic heterocycles. The fraction of sp³-hybridized carbons (Fsp3) is 0.500. The first-order valence-electron chi connectivity index (χ1n) is 5.90. The number of hydrogen-bond donors (Lipinski definition) is 1. The summed E-state index contributed by atoms with van der Waals surface area (Å²) in [6, 6.07) is 4.84. The maximum absolute atomic E-state index is 10.8. The lowest BCUT2D eigenvalue weighted by molar-refractivity contribution is -0.0163. The molecule has 0 saturated heterocycles. The number of benzene rings is 1. The molecule has 4 heteroatoms. The molecule has 0 aromatic heterocycles. The second kappa shape index (κ2) is 5.87. The van der Waals surface area contributed by atoms with Gasteiger partial charge in [0.15, 0.2) is 0 Å². The van der Waals surface area contributed by atoms with E-state index in [1.54, 1.807) is 12.1 Å². The van der Waals surface area contributed by atoms with E-state index >= 15 is 0 Å². The summed E-state index contributed by atoms with van der Waals surface area (Å²) in [6.45, 7) is 8.68. The van der Waals surface area contributed by atoms with Gasteiger partial charge in [0.1, 0.15) is 12.4 Å². The third-order valence-electron chi connectivity index (χ3n) is 2.31. The molecule has 0 radical (unpaired) electrons.